The van der Waals surface area contributed by atoms with Crippen molar-refractivity contribution in [3.05, 3.63) is 33.7 Å². The highest BCUT2D eigenvalue weighted by Gasteiger charge is 2.18. The number of aryl methyl sites for hydroxylation is 1. The lowest BCUT2D eigenvalue weighted by atomic mass is 10.1. The maximum Gasteiger partial charge on any atom is 0.259 e. The quantitative estimate of drug-likeness (QED) is 0.871. The van der Waals surface area contributed by atoms with Crippen LogP contribution in [-0.4, -0.2) is 28.9 Å². The van der Waals surface area contributed by atoms with Gasteiger partial charge in [-0.15, -0.1) is 0 Å². The molecule has 1 aromatic rings. The molecule has 0 radical (unpaired) electrons. The van der Waals surface area contributed by atoms with E-state index in [2.05, 4.69) is 18.8 Å². The number of aromatic nitrogens is 1. The van der Waals surface area contributed by atoms with E-state index < -0.39 is 0 Å². The molecule has 4 nitrogen and oxygen atoms in total. The van der Waals surface area contributed by atoms with E-state index in [1.165, 1.54) is 12.3 Å². The first-order valence-corrected chi connectivity index (χ1v) is 6.48. The van der Waals surface area contributed by atoms with E-state index in [9.17, 15) is 9.59 Å². The third kappa shape index (κ3) is 3.45. The highest BCUT2D eigenvalue weighted by molar-refractivity contribution is 5.93. The van der Waals surface area contributed by atoms with Crippen molar-refractivity contribution in [3.63, 3.8) is 0 Å². The van der Waals surface area contributed by atoms with Gasteiger partial charge in [-0.25, -0.2) is 0 Å². The van der Waals surface area contributed by atoms with Crippen molar-refractivity contribution in [2.75, 3.05) is 13.1 Å². The lowest BCUT2D eigenvalue weighted by Gasteiger charge is -2.23. The van der Waals surface area contributed by atoms with E-state index in [0.717, 1.165) is 12.1 Å². The molecule has 1 amide bonds. The van der Waals surface area contributed by atoms with Gasteiger partial charge < -0.3 is 9.88 Å². The normalized spacial score (nSPS) is 12.2. The van der Waals surface area contributed by atoms with Crippen molar-refractivity contribution in [3.8, 4) is 0 Å². The van der Waals surface area contributed by atoms with Crippen LogP contribution in [0.15, 0.2) is 17.1 Å². The van der Waals surface area contributed by atoms with Gasteiger partial charge in [0.15, 0.2) is 5.43 Å². The van der Waals surface area contributed by atoms with E-state index in [-0.39, 0.29) is 16.9 Å². The fourth-order valence-electron chi connectivity index (χ4n) is 1.77. The van der Waals surface area contributed by atoms with Crippen molar-refractivity contribution in [1.82, 2.24) is 9.88 Å². The average molecular weight is 250 g/mol. The summed E-state index contributed by atoms with van der Waals surface area (Å²) in [5.41, 5.74) is 0.783. The van der Waals surface area contributed by atoms with Crippen LogP contribution < -0.4 is 5.43 Å². The van der Waals surface area contributed by atoms with E-state index in [4.69, 9.17) is 0 Å². The number of aromatic amines is 1. The molecule has 1 aromatic heterocycles. The molecule has 0 saturated heterocycles. The van der Waals surface area contributed by atoms with Crippen LogP contribution in [0.1, 0.15) is 43.2 Å². The van der Waals surface area contributed by atoms with Crippen molar-refractivity contribution >= 4 is 5.91 Å². The van der Waals surface area contributed by atoms with Crippen LogP contribution >= 0.6 is 0 Å². The predicted octanol–water partition coefficient (Wildman–Crippen LogP) is 2.19. The van der Waals surface area contributed by atoms with Gasteiger partial charge >= 0.3 is 0 Å². The number of carbonyl (C=O) groups is 1. The number of H-pyrrole nitrogens is 1. The summed E-state index contributed by atoms with van der Waals surface area (Å²) < 4.78 is 0. The molecule has 1 atom stereocenters. The van der Waals surface area contributed by atoms with E-state index in [0.29, 0.717) is 19.0 Å². The predicted molar refractivity (Wildman–Crippen MR) is 72.8 cm³/mol. The van der Waals surface area contributed by atoms with Gasteiger partial charge in [0.25, 0.3) is 5.91 Å². The summed E-state index contributed by atoms with van der Waals surface area (Å²) in [6.45, 7) is 9.25. The van der Waals surface area contributed by atoms with Crippen molar-refractivity contribution in [2.45, 2.75) is 34.1 Å². The minimum atomic E-state index is -0.209. The molecule has 1 N–H and O–H groups in total. The second-order valence-corrected chi connectivity index (χ2v) is 4.75. The smallest absolute Gasteiger partial charge is 0.259 e. The van der Waals surface area contributed by atoms with Crippen LogP contribution in [0.25, 0.3) is 0 Å². The van der Waals surface area contributed by atoms with Crippen LogP contribution in [0.4, 0.5) is 0 Å². The van der Waals surface area contributed by atoms with Gasteiger partial charge in [0.05, 0.1) is 0 Å². The van der Waals surface area contributed by atoms with Gasteiger partial charge in [0, 0.05) is 31.0 Å². The molecule has 1 rings (SSSR count). The Hall–Kier alpha value is -1.58. The molecule has 0 aromatic carbocycles. The third-order valence-corrected chi connectivity index (χ3v) is 3.19. The van der Waals surface area contributed by atoms with Gasteiger partial charge in [0.2, 0.25) is 0 Å². The van der Waals surface area contributed by atoms with Gasteiger partial charge in [-0.1, -0.05) is 20.3 Å². The summed E-state index contributed by atoms with van der Waals surface area (Å²) in [4.78, 5) is 28.7. The molecule has 0 spiro atoms. The molecular formula is C14H22N2O2. The number of rotatable bonds is 5. The Morgan fingerprint density at radius 3 is 2.61 bits per heavy atom. The Kier molecular flexibility index (Phi) is 5.13. The summed E-state index contributed by atoms with van der Waals surface area (Å²) in [6.07, 6.45) is 2.54. The molecule has 4 heteroatoms. The maximum atomic E-state index is 12.3. The number of hydrogen-bond donors (Lipinski definition) is 1. The topological polar surface area (TPSA) is 53.2 Å². The fraction of sp³-hybridized carbons (Fsp3) is 0.571. The zero-order valence-corrected chi connectivity index (χ0v) is 11.6. The van der Waals surface area contributed by atoms with Crippen LogP contribution in [0.3, 0.4) is 0 Å². The van der Waals surface area contributed by atoms with Crippen molar-refractivity contribution in [2.24, 2.45) is 5.92 Å². The molecule has 100 valence electrons. The Morgan fingerprint density at radius 1 is 1.44 bits per heavy atom. The summed E-state index contributed by atoms with van der Waals surface area (Å²) in [6, 6.07) is 1.46. The Morgan fingerprint density at radius 2 is 2.11 bits per heavy atom. The number of nitrogens with one attached hydrogen (secondary N) is 1. The second kappa shape index (κ2) is 6.38. The molecule has 0 fully saturated rings. The molecule has 18 heavy (non-hydrogen) atoms. The third-order valence-electron chi connectivity index (χ3n) is 3.19. The molecule has 0 bridgehead atoms. The number of carbonyl (C=O) groups excluding carboxylic acids is 1. The lowest BCUT2D eigenvalue weighted by Crippen LogP contribution is -2.37. The summed E-state index contributed by atoms with van der Waals surface area (Å²) >= 11 is 0. The minimum Gasteiger partial charge on any atom is -0.364 e. The number of nitrogens with zero attached hydrogens (tertiary/aromatic N) is 1. The first-order valence-electron chi connectivity index (χ1n) is 6.48. The zero-order chi connectivity index (χ0) is 13.7. The average Bonchev–Trinajstić information content (AvgIpc) is 2.34. The summed E-state index contributed by atoms with van der Waals surface area (Å²) in [5.74, 6) is 0.262. The molecule has 0 aliphatic heterocycles. The van der Waals surface area contributed by atoms with Gasteiger partial charge in [-0.2, -0.15) is 0 Å². The first-order chi connectivity index (χ1) is 8.49. The largest absolute Gasteiger partial charge is 0.364 e. The van der Waals surface area contributed by atoms with Crippen LogP contribution in [0.5, 0.6) is 0 Å². The molecule has 1 unspecified atom stereocenters. The van der Waals surface area contributed by atoms with Gasteiger partial charge in [-0.3, -0.25) is 9.59 Å². The molecular weight excluding hydrogens is 228 g/mol. The SMILES string of the molecule is CCC(C)CN(CC)C(=O)c1c[nH]c(C)cc1=O. The van der Waals surface area contributed by atoms with E-state index >= 15 is 0 Å². The maximum absolute atomic E-state index is 12.3. The Labute approximate surface area is 108 Å². The summed E-state index contributed by atoms with van der Waals surface area (Å²) in [5, 5.41) is 0. The first kappa shape index (κ1) is 14.5. The number of amides is 1. The van der Waals surface area contributed by atoms with Crippen LogP contribution in [-0.2, 0) is 0 Å². The molecule has 1 heterocycles. The standard InChI is InChI=1S/C14H22N2O2/c1-5-10(3)9-16(6-2)14(18)12-8-15-11(4)7-13(12)17/h7-8,10H,5-6,9H2,1-4H3,(H,15,17). The molecule has 0 aliphatic rings. The lowest BCUT2D eigenvalue weighted by molar-refractivity contribution is 0.0739. The monoisotopic (exact) mass is 250 g/mol. The van der Waals surface area contributed by atoms with Crippen molar-refractivity contribution in [1.29, 1.82) is 0 Å². The minimum absolute atomic E-state index is 0.181. The number of pyridine rings is 1. The van der Waals surface area contributed by atoms with Crippen molar-refractivity contribution < 1.29 is 4.79 Å². The fourth-order valence-corrected chi connectivity index (χ4v) is 1.77. The van der Waals surface area contributed by atoms with Gasteiger partial charge in [0.1, 0.15) is 5.56 Å². The zero-order valence-electron chi connectivity index (χ0n) is 11.6. The Bertz CT molecular complexity index is 465. The number of hydrogen-bond acceptors (Lipinski definition) is 2. The highest BCUT2D eigenvalue weighted by atomic mass is 16.2. The Balaban J connectivity index is 2.93. The van der Waals surface area contributed by atoms with Crippen LogP contribution in [0, 0.1) is 12.8 Å². The van der Waals surface area contributed by atoms with Crippen LogP contribution in [0.2, 0.25) is 0 Å². The second-order valence-electron chi connectivity index (χ2n) is 4.75. The summed E-state index contributed by atoms with van der Waals surface area (Å²) in [7, 11) is 0. The highest BCUT2D eigenvalue weighted by Crippen LogP contribution is 2.07. The molecule has 0 saturated carbocycles. The van der Waals surface area contributed by atoms with E-state index in [1.807, 2.05) is 6.92 Å². The van der Waals surface area contributed by atoms with Gasteiger partial charge in [-0.05, 0) is 19.8 Å². The van der Waals surface area contributed by atoms with E-state index in [1.54, 1.807) is 11.8 Å². The molecule has 0 aliphatic carbocycles.